The molecule has 1 aromatic heterocycles. The van der Waals surface area contributed by atoms with Gasteiger partial charge in [-0.05, 0) is 43.4 Å². The Labute approximate surface area is 160 Å². The summed E-state index contributed by atoms with van der Waals surface area (Å²) in [5.41, 5.74) is 1.20. The number of carbonyl (C=O) groups is 2. The Morgan fingerprint density at radius 2 is 2.04 bits per heavy atom. The topological polar surface area (TPSA) is 64.4 Å². The molecule has 1 atom stereocenters. The van der Waals surface area contributed by atoms with Crippen molar-refractivity contribution in [2.24, 2.45) is 13.0 Å². The molecule has 144 valence electrons. The Kier molecular flexibility index (Phi) is 6.27. The summed E-state index contributed by atoms with van der Waals surface area (Å²) >= 11 is 0. The summed E-state index contributed by atoms with van der Waals surface area (Å²) in [6.07, 6.45) is 7.27. The van der Waals surface area contributed by atoms with Gasteiger partial charge in [-0.25, -0.2) is 4.98 Å². The van der Waals surface area contributed by atoms with Crippen LogP contribution >= 0.6 is 0 Å². The number of aryl methyl sites for hydroxylation is 2. The smallest absolute Gasteiger partial charge is 0.222 e. The third-order valence-corrected chi connectivity index (χ3v) is 5.20. The molecule has 0 saturated carbocycles. The lowest BCUT2D eigenvalue weighted by atomic mass is 9.93. The van der Waals surface area contributed by atoms with E-state index in [4.69, 9.17) is 4.74 Å². The molecule has 3 rings (SSSR count). The van der Waals surface area contributed by atoms with Crippen molar-refractivity contribution >= 4 is 11.7 Å². The SMILES string of the molecule is COc1ccc(CCCC(=O)N2CCC[C@H](C(=O)c3nccn3C)C2)cc1. The number of amides is 1. The lowest BCUT2D eigenvalue weighted by Crippen LogP contribution is -2.42. The number of carbonyl (C=O) groups excluding carboxylic acids is 2. The van der Waals surface area contributed by atoms with Crippen molar-refractivity contribution in [1.82, 2.24) is 14.5 Å². The number of Topliss-reactive ketones (excluding diaryl/α,β-unsaturated/α-hetero) is 1. The Morgan fingerprint density at radius 1 is 1.26 bits per heavy atom. The van der Waals surface area contributed by atoms with E-state index in [1.54, 1.807) is 24.1 Å². The number of likely N-dealkylation sites (tertiary alicyclic amines) is 1. The van der Waals surface area contributed by atoms with E-state index < -0.39 is 0 Å². The van der Waals surface area contributed by atoms with E-state index in [0.717, 1.165) is 38.0 Å². The fraction of sp³-hybridized carbons (Fsp3) is 0.476. The standard InChI is InChI=1S/C21H27N3O3/c1-23-14-12-22-21(23)20(26)17-6-4-13-24(15-17)19(25)7-3-5-16-8-10-18(27-2)11-9-16/h8-12,14,17H,3-7,13,15H2,1-2H3/t17-/m0/s1. The van der Waals surface area contributed by atoms with Crippen molar-refractivity contribution in [2.75, 3.05) is 20.2 Å². The molecular formula is C21H27N3O3. The van der Waals surface area contributed by atoms with Crippen LogP contribution in [-0.2, 0) is 18.3 Å². The van der Waals surface area contributed by atoms with Crippen molar-refractivity contribution in [2.45, 2.75) is 32.1 Å². The first-order chi connectivity index (χ1) is 13.1. The van der Waals surface area contributed by atoms with E-state index in [1.165, 1.54) is 5.56 Å². The van der Waals surface area contributed by atoms with Crippen LogP contribution in [0.15, 0.2) is 36.7 Å². The molecule has 6 heteroatoms. The molecule has 2 aromatic rings. The molecule has 0 spiro atoms. The highest BCUT2D eigenvalue weighted by Crippen LogP contribution is 2.21. The van der Waals surface area contributed by atoms with E-state index in [2.05, 4.69) is 4.98 Å². The molecule has 1 aromatic carbocycles. The van der Waals surface area contributed by atoms with Crippen molar-refractivity contribution in [3.05, 3.63) is 48.0 Å². The molecule has 1 saturated heterocycles. The van der Waals surface area contributed by atoms with Crippen LogP contribution < -0.4 is 4.74 Å². The van der Waals surface area contributed by atoms with E-state index in [1.807, 2.05) is 36.2 Å². The number of rotatable bonds is 7. The molecule has 0 unspecified atom stereocenters. The summed E-state index contributed by atoms with van der Waals surface area (Å²) in [4.78, 5) is 31.3. The minimum Gasteiger partial charge on any atom is -0.497 e. The summed E-state index contributed by atoms with van der Waals surface area (Å²) in [5.74, 6) is 1.35. The van der Waals surface area contributed by atoms with Crippen molar-refractivity contribution in [1.29, 1.82) is 0 Å². The predicted molar refractivity (Wildman–Crippen MR) is 103 cm³/mol. The van der Waals surface area contributed by atoms with Gasteiger partial charge in [0.25, 0.3) is 0 Å². The molecule has 1 aliphatic rings. The van der Waals surface area contributed by atoms with Gasteiger partial charge in [-0.1, -0.05) is 12.1 Å². The van der Waals surface area contributed by atoms with Crippen molar-refractivity contribution in [3.8, 4) is 5.75 Å². The van der Waals surface area contributed by atoms with Crippen molar-refractivity contribution < 1.29 is 14.3 Å². The number of ether oxygens (including phenoxy) is 1. The molecule has 27 heavy (non-hydrogen) atoms. The van der Waals surface area contributed by atoms with Gasteiger partial charge in [-0.2, -0.15) is 0 Å². The molecule has 1 amide bonds. The van der Waals surface area contributed by atoms with E-state index in [-0.39, 0.29) is 17.6 Å². The number of benzene rings is 1. The largest absolute Gasteiger partial charge is 0.497 e. The van der Waals surface area contributed by atoms with Crippen LogP contribution in [0.3, 0.4) is 0 Å². The quantitative estimate of drug-likeness (QED) is 0.704. The molecule has 1 aliphatic heterocycles. The summed E-state index contributed by atoms with van der Waals surface area (Å²) in [7, 11) is 3.48. The highest BCUT2D eigenvalue weighted by molar-refractivity contribution is 5.95. The Morgan fingerprint density at radius 3 is 2.70 bits per heavy atom. The summed E-state index contributed by atoms with van der Waals surface area (Å²) in [6, 6.07) is 7.95. The van der Waals surface area contributed by atoms with Gasteiger partial charge in [-0.3, -0.25) is 9.59 Å². The molecule has 2 heterocycles. The maximum absolute atomic E-state index is 12.7. The second-order valence-electron chi connectivity index (χ2n) is 7.11. The average Bonchev–Trinajstić information content (AvgIpc) is 3.14. The third-order valence-electron chi connectivity index (χ3n) is 5.20. The number of methoxy groups -OCH3 is 1. The first-order valence-electron chi connectivity index (χ1n) is 9.50. The number of hydrogen-bond donors (Lipinski definition) is 0. The summed E-state index contributed by atoms with van der Waals surface area (Å²) in [6.45, 7) is 1.25. The van der Waals surface area contributed by atoms with Gasteiger partial charge in [0, 0.05) is 44.9 Å². The maximum atomic E-state index is 12.7. The maximum Gasteiger partial charge on any atom is 0.222 e. The van der Waals surface area contributed by atoms with Crippen LogP contribution in [0.25, 0.3) is 0 Å². The summed E-state index contributed by atoms with van der Waals surface area (Å²) < 4.78 is 6.91. The number of nitrogens with zero attached hydrogens (tertiary/aromatic N) is 3. The molecular weight excluding hydrogens is 342 g/mol. The Bertz CT molecular complexity index is 782. The normalized spacial score (nSPS) is 17.0. The number of ketones is 1. The highest BCUT2D eigenvalue weighted by atomic mass is 16.5. The van der Waals surface area contributed by atoms with Gasteiger partial charge in [0.15, 0.2) is 5.82 Å². The van der Waals surface area contributed by atoms with Gasteiger partial charge >= 0.3 is 0 Å². The zero-order valence-corrected chi connectivity index (χ0v) is 16.1. The van der Waals surface area contributed by atoms with Crippen LogP contribution in [0.2, 0.25) is 0 Å². The predicted octanol–water partition coefficient (Wildman–Crippen LogP) is 2.87. The Hall–Kier alpha value is -2.63. The third kappa shape index (κ3) is 4.76. The van der Waals surface area contributed by atoms with Crippen LogP contribution in [0.5, 0.6) is 5.75 Å². The van der Waals surface area contributed by atoms with Crippen LogP contribution in [0, 0.1) is 5.92 Å². The molecule has 0 bridgehead atoms. The van der Waals surface area contributed by atoms with Crippen LogP contribution in [-0.4, -0.2) is 46.3 Å². The number of aromatic nitrogens is 2. The zero-order chi connectivity index (χ0) is 19.2. The molecule has 0 radical (unpaired) electrons. The van der Waals surface area contributed by atoms with Gasteiger partial charge in [-0.15, -0.1) is 0 Å². The zero-order valence-electron chi connectivity index (χ0n) is 16.1. The average molecular weight is 369 g/mol. The van der Waals surface area contributed by atoms with Gasteiger partial charge in [0.05, 0.1) is 7.11 Å². The summed E-state index contributed by atoms with van der Waals surface area (Å²) in [5, 5.41) is 0. The van der Waals surface area contributed by atoms with E-state index in [9.17, 15) is 9.59 Å². The minimum absolute atomic E-state index is 0.0400. The molecule has 1 fully saturated rings. The second-order valence-corrected chi connectivity index (χ2v) is 7.11. The monoisotopic (exact) mass is 369 g/mol. The Balaban J connectivity index is 1.49. The van der Waals surface area contributed by atoms with Gasteiger partial charge < -0.3 is 14.2 Å². The lowest BCUT2D eigenvalue weighted by Gasteiger charge is -2.32. The lowest BCUT2D eigenvalue weighted by molar-refractivity contribution is -0.132. The molecule has 0 N–H and O–H groups in total. The van der Waals surface area contributed by atoms with Crippen LogP contribution in [0.4, 0.5) is 0 Å². The molecule has 6 nitrogen and oxygen atoms in total. The first-order valence-corrected chi connectivity index (χ1v) is 9.50. The van der Waals surface area contributed by atoms with Gasteiger partial charge in [0.1, 0.15) is 5.75 Å². The van der Waals surface area contributed by atoms with Crippen LogP contribution in [0.1, 0.15) is 41.9 Å². The van der Waals surface area contributed by atoms with E-state index >= 15 is 0 Å². The number of hydrogen-bond acceptors (Lipinski definition) is 4. The second kappa shape index (κ2) is 8.84. The van der Waals surface area contributed by atoms with Crippen molar-refractivity contribution in [3.63, 3.8) is 0 Å². The highest BCUT2D eigenvalue weighted by Gasteiger charge is 2.30. The number of imidazole rings is 1. The fourth-order valence-electron chi connectivity index (χ4n) is 3.60. The van der Waals surface area contributed by atoms with Gasteiger partial charge in [0.2, 0.25) is 11.7 Å². The first kappa shape index (κ1) is 19.1. The molecule has 0 aliphatic carbocycles. The van der Waals surface area contributed by atoms with E-state index in [0.29, 0.717) is 18.8 Å². The fourth-order valence-corrected chi connectivity index (χ4v) is 3.60. The number of piperidine rings is 1. The minimum atomic E-state index is -0.148.